The molecule has 0 spiro atoms. The van der Waals surface area contributed by atoms with Crippen LogP contribution in [0.3, 0.4) is 0 Å². The standard InChI is InChI=1S/C22H23N5O3S2/c1-22(2)8-14-18(15(28)9-22)17(12-7-11(29-3)5-6-16(12)30-4)13(10-23)19(24)27(14)20-25-26-21(31)32-20/h5-7,17H,8-9,24H2,1-4H3,(H,26,31). The van der Waals surface area contributed by atoms with Gasteiger partial charge in [-0.3, -0.25) is 14.8 Å². The molecule has 32 heavy (non-hydrogen) atoms. The Balaban J connectivity index is 2.04. The van der Waals surface area contributed by atoms with Crippen LogP contribution in [0, 0.1) is 20.7 Å². The Morgan fingerprint density at radius 2 is 2.09 bits per heavy atom. The van der Waals surface area contributed by atoms with E-state index in [0.29, 0.717) is 44.6 Å². The molecule has 0 saturated carbocycles. The maximum absolute atomic E-state index is 13.6. The minimum atomic E-state index is -0.674. The summed E-state index contributed by atoms with van der Waals surface area (Å²) in [6.45, 7) is 4.08. The molecule has 0 saturated heterocycles. The molecule has 3 N–H and O–H groups in total. The fraction of sp³-hybridized carbons (Fsp3) is 0.364. The fourth-order valence-electron chi connectivity index (χ4n) is 4.42. The van der Waals surface area contributed by atoms with Crippen LogP contribution in [0.4, 0.5) is 5.13 Å². The maximum Gasteiger partial charge on any atom is 0.216 e. The summed E-state index contributed by atoms with van der Waals surface area (Å²) < 4.78 is 11.5. The van der Waals surface area contributed by atoms with E-state index in [-0.39, 0.29) is 22.6 Å². The van der Waals surface area contributed by atoms with Crippen LogP contribution < -0.4 is 20.1 Å². The number of hydrogen-bond acceptors (Lipinski definition) is 9. The molecule has 0 bridgehead atoms. The Kier molecular flexibility index (Phi) is 5.56. The van der Waals surface area contributed by atoms with Crippen molar-refractivity contribution in [2.24, 2.45) is 11.1 Å². The zero-order valence-electron chi connectivity index (χ0n) is 18.2. The monoisotopic (exact) mass is 469 g/mol. The lowest BCUT2D eigenvalue weighted by Gasteiger charge is -2.42. The Morgan fingerprint density at radius 1 is 1.34 bits per heavy atom. The normalized spacial score (nSPS) is 20.2. The number of anilines is 1. The van der Waals surface area contributed by atoms with Gasteiger partial charge in [-0.15, -0.1) is 5.10 Å². The van der Waals surface area contributed by atoms with Gasteiger partial charge < -0.3 is 15.2 Å². The van der Waals surface area contributed by atoms with Crippen molar-refractivity contribution < 1.29 is 14.3 Å². The lowest BCUT2D eigenvalue weighted by molar-refractivity contribution is -0.118. The lowest BCUT2D eigenvalue weighted by Crippen LogP contribution is -2.42. The van der Waals surface area contributed by atoms with E-state index in [0.717, 1.165) is 5.70 Å². The second kappa shape index (κ2) is 8.07. The number of aromatic amines is 1. The number of nitriles is 1. The number of H-pyrrole nitrogens is 1. The molecule has 0 radical (unpaired) electrons. The van der Waals surface area contributed by atoms with Crippen molar-refractivity contribution in [3.05, 3.63) is 50.4 Å². The Bertz CT molecular complexity index is 1260. The van der Waals surface area contributed by atoms with Crippen molar-refractivity contribution in [1.29, 1.82) is 5.26 Å². The molecule has 1 aliphatic heterocycles. The number of carbonyl (C=O) groups is 1. The van der Waals surface area contributed by atoms with Crippen LogP contribution in [-0.2, 0) is 4.79 Å². The predicted molar refractivity (Wildman–Crippen MR) is 124 cm³/mol. The fourth-order valence-corrected chi connectivity index (χ4v) is 5.34. The maximum atomic E-state index is 13.6. The van der Waals surface area contributed by atoms with Crippen LogP contribution in [0.5, 0.6) is 11.5 Å². The number of nitrogens with one attached hydrogen (secondary N) is 1. The van der Waals surface area contributed by atoms with Crippen LogP contribution in [0.25, 0.3) is 0 Å². The Hall–Kier alpha value is -3.16. The molecule has 10 heteroatoms. The molecule has 0 fully saturated rings. The third-order valence-corrected chi connectivity index (χ3v) is 6.82. The van der Waals surface area contributed by atoms with E-state index in [2.05, 4.69) is 16.3 Å². The number of Topliss-reactive ketones (excluding diaryl/α,β-unsaturated/α-hetero) is 1. The smallest absolute Gasteiger partial charge is 0.216 e. The number of allylic oxidation sites excluding steroid dienone is 3. The van der Waals surface area contributed by atoms with Gasteiger partial charge >= 0.3 is 0 Å². The van der Waals surface area contributed by atoms with Crippen molar-refractivity contribution in [1.82, 2.24) is 10.2 Å². The molecule has 8 nitrogen and oxygen atoms in total. The van der Waals surface area contributed by atoms with Crippen LogP contribution in [0.15, 0.2) is 40.9 Å². The van der Waals surface area contributed by atoms with Crippen molar-refractivity contribution in [2.45, 2.75) is 32.6 Å². The summed E-state index contributed by atoms with van der Waals surface area (Å²) >= 11 is 6.45. The van der Waals surface area contributed by atoms with E-state index in [1.165, 1.54) is 11.3 Å². The average molecular weight is 470 g/mol. The highest BCUT2D eigenvalue weighted by atomic mass is 32.1. The first-order chi connectivity index (χ1) is 15.2. The zero-order chi connectivity index (χ0) is 23.2. The number of nitrogens with zero attached hydrogens (tertiary/aromatic N) is 3. The summed E-state index contributed by atoms with van der Waals surface area (Å²) in [5.41, 5.74) is 8.48. The first-order valence-electron chi connectivity index (χ1n) is 9.94. The molecule has 2 heterocycles. The second-order valence-corrected chi connectivity index (χ2v) is 10.1. The van der Waals surface area contributed by atoms with Gasteiger partial charge in [0.25, 0.3) is 0 Å². The molecule has 0 amide bonds. The molecule has 4 rings (SSSR count). The van der Waals surface area contributed by atoms with Crippen molar-refractivity contribution in [2.75, 3.05) is 19.1 Å². The average Bonchev–Trinajstić information content (AvgIpc) is 3.17. The molecule has 1 aromatic carbocycles. The molecule has 166 valence electrons. The molecule has 2 aromatic rings. The topological polar surface area (TPSA) is 117 Å². The summed E-state index contributed by atoms with van der Waals surface area (Å²) in [6.07, 6.45) is 0.944. The van der Waals surface area contributed by atoms with Crippen molar-refractivity contribution in [3.63, 3.8) is 0 Å². The van der Waals surface area contributed by atoms with Gasteiger partial charge in [0.15, 0.2) is 9.74 Å². The van der Waals surface area contributed by atoms with Crippen LogP contribution in [-0.4, -0.2) is 30.2 Å². The van der Waals surface area contributed by atoms with E-state index in [1.54, 1.807) is 37.3 Å². The Morgan fingerprint density at radius 3 is 2.69 bits per heavy atom. The van der Waals surface area contributed by atoms with E-state index >= 15 is 0 Å². The van der Waals surface area contributed by atoms with Gasteiger partial charge in [-0.1, -0.05) is 25.2 Å². The largest absolute Gasteiger partial charge is 0.497 e. The number of carbonyl (C=O) groups excluding carboxylic acids is 1. The van der Waals surface area contributed by atoms with Crippen molar-refractivity contribution in [3.8, 4) is 17.6 Å². The minimum Gasteiger partial charge on any atom is -0.497 e. The van der Waals surface area contributed by atoms with Gasteiger partial charge in [-0.25, -0.2) is 0 Å². The number of aromatic nitrogens is 2. The summed E-state index contributed by atoms with van der Waals surface area (Å²) in [5.74, 6) is 0.659. The highest BCUT2D eigenvalue weighted by Gasteiger charge is 2.46. The summed E-state index contributed by atoms with van der Waals surface area (Å²) in [7, 11) is 3.12. The van der Waals surface area contributed by atoms with Crippen LogP contribution >= 0.6 is 23.6 Å². The summed E-state index contributed by atoms with van der Waals surface area (Å²) in [5, 5.41) is 17.7. The first kappa shape index (κ1) is 22.0. The molecule has 1 unspecified atom stereocenters. The molecular weight excluding hydrogens is 446 g/mol. The third-order valence-electron chi connectivity index (χ3n) is 5.75. The Labute approximate surface area is 194 Å². The predicted octanol–water partition coefficient (Wildman–Crippen LogP) is 4.16. The highest BCUT2D eigenvalue weighted by molar-refractivity contribution is 7.73. The number of ketones is 1. The molecule has 1 atom stereocenters. The summed E-state index contributed by atoms with van der Waals surface area (Å²) in [4.78, 5) is 15.3. The van der Waals surface area contributed by atoms with Crippen LogP contribution in [0.2, 0.25) is 0 Å². The summed E-state index contributed by atoms with van der Waals surface area (Å²) in [6, 6.07) is 7.57. The number of benzene rings is 1. The number of methoxy groups -OCH3 is 2. The number of rotatable bonds is 4. The number of nitrogens with two attached hydrogens (primary N) is 1. The molecule has 1 aliphatic carbocycles. The molecule has 2 aliphatic rings. The van der Waals surface area contributed by atoms with Crippen LogP contribution in [0.1, 0.15) is 38.2 Å². The van der Waals surface area contributed by atoms with Gasteiger partial charge in [0.1, 0.15) is 17.3 Å². The van der Waals surface area contributed by atoms with Gasteiger partial charge in [-0.2, -0.15) is 5.26 Å². The molecular formula is C22H23N5O3S2. The quantitative estimate of drug-likeness (QED) is 0.641. The zero-order valence-corrected chi connectivity index (χ0v) is 19.8. The third kappa shape index (κ3) is 3.57. The van der Waals surface area contributed by atoms with Gasteiger partial charge in [-0.05, 0) is 42.3 Å². The number of ether oxygens (including phenoxy) is 2. The first-order valence-corrected chi connectivity index (χ1v) is 11.2. The van der Waals surface area contributed by atoms with Gasteiger partial charge in [0.05, 0.1) is 31.8 Å². The minimum absolute atomic E-state index is 0.0319. The highest BCUT2D eigenvalue weighted by Crippen LogP contribution is 2.52. The van der Waals surface area contributed by atoms with E-state index < -0.39 is 5.92 Å². The van der Waals surface area contributed by atoms with Crippen molar-refractivity contribution >= 4 is 34.5 Å². The van der Waals surface area contributed by atoms with Gasteiger partial charge in [0.2, 0.25) is 5.13 Å². The number of hydrogen-bond donors (Lipinski definition) is 2. The second-order valence-electron chi connectivity index (χ2n) is 8.48. The van der Waals surface area contributed by atoms with E-state index in [4.69, 9.17) is 27.4 Å². The lowest BCUT2D eigenvalue weighted by atomic mass is 9.68. The molecule has 1 aromatic heterocycles. The van der Waals surface area contributed by atoms with E-state index in [9.17, 15) is 10.1 Å². The SMILES string of the molecule is COc1ccc(OC)c(C2C(C#N)=C(N)N(c3n[nH]c(=S)s3)C3=C2C(=O)CC(C)(C)C3)c1. The van der Waals surface area contributed by atoms with Gasteiger partial charge in [0, 0.05) is 23.3 Å². The van der Waals surface area contributed by atoms with E-state index in [1.807, 2.05) is 13.8 Å².